The minimum Gasteiger partial charge on any atom is -0.481 e. The molecule has 0 heterocycles. The highest BCUT2D eigenvalue weighted by atomic mass is 16.6. The van der Waals surface area contributed by atoms with Crippen molar-refractivity contribution in [2.75, 3.05) is 6.54 Å². The number of nitrogens with one attached hydrogen (secondary N) is 2. The Morgan fingerprint density at radius 3 is 1.67 bits per heavy atom. The van der Waals surface area contributed by atoms with Crippen LogP contribution in [0.25, 0.3) is 0 Å². The highest BCUT2D eigenvalue weighted by Crippen LogP contribution is 2.08. The minimum atomic E-state index is -0.807. The van der Waals surface area contributed by atoms with Gasteiger partial charge in [-0.1, -0.05) is 12.8 Å². The molecule has 0 saturated heterocycles. The van der Waals surface area contributed by atoms with Crippen LogP contribution in [-0.4, -0.2) is 47.0 Å². The molecule has 0 rings (SSSR count). The topological polar surface area (TPSA) is 126 Å². The van der Waals surface area contributed by atoms with Crippen LogP contribution in [0.1, 0.15) is 73.6 Å². The Balaban J connectivity index is 4.64. The summed E-state index contributed by atoms with van der Waals surface area (Å²) < 4.78 is 10.3. The average Bonchev–Trinajstić information content (AvgIpc) is 2.41. The van der Waals surface area contributed by atoms with E-state index in [1.165, 1.54) is 0 Å². The number of carbonyl (C=O) groups excluding carboxylic acids is 2. The summed E-state index contributed by atoms with van der Waals surface area (Å²) in [6, 6.07) is 0. The third-order valence-corrected chi connectivity index (χ3v) is 2.81. The molecule has 0 saturated carbocycles. The van der Waals surface area contributed by atoms with E-state index in [2.05, 4.69) is 15.6 Å². The number of amides is 2. The van der Waals surface area contributed by atoms with Crippen molar-refractivity contribution < 1.29 is 29.0 Å². The van der Waals surface area contributed by atoms with Crippen LogP contribution < -0.4 is 10.6 Å². The number of aliphatic imine (C=N–C) groups is 1. The van der Waals surface area contributed by atoms with E-state index in [9.17, 15) is 14.4 Å². The van der Waals surface area contributed by atoms with Gasteiger partial charge in [0.15, 0.2) is 0 Å². The largest absolute Gasteiger partial charge is 0.481 e. The molecule has 0 aromatic heterocycles. The summed E-state index contributed by atoms with van der Waals surface area (Å²) in [5.74, 6) is -0.859. The third kappa shape index (κ3) is 16.9. The van der Waals surface area contributed by atoms with Gasteiger partial charge in [0.25, 0.3) is 0 Å². The standard InChI is InChI=1S/C18H33N3O6/c1-17(2,3)26-15(24)20-14(21-16(25)27-18(4,5)6)19-12-10-8-7-9-11-13(22)23/h7-12H2,1-6H3,(H,22,23)(H2,19,20,21,24,25). The van der Waals surface area contributed by atoms with Crippen LogP contribution in [-0.2, 0) is 14.3 Å². The zero-order chi connectivity index (χ0) is 21.1. The second-order valence-corrected chi connectivity index (χ2v) is 8.04. The predicted molar refractivity (Wildman–Crippen MR) is 102 cm³/mol. The van der Waals surface area contributed by atoms with Gasteiger partial charge in [0.1, 0.15) is 11.2 Å². The quantitative estimate of drug-likeness (QED) is 0.349. The van der Waals surface area contributed by atoms with Gasteiger partial charge in [-0.2, -0.15) is 0 Å². The number of alkyl carbamates (subject to hydrolysis) is 2. The second-order valence-electron chi connectivity index (χ2n) is 8.04. The predicted octanol–water partition coefficient (Wildman–Crippen LogP) is 3.43. The first kappa shape index (κ1) is 24.7. The van der Waals surface area contributed by atoms with Gasteiger partial charge in [0.2, 0.25) is 5.96 Å². The number of nitrogens with zero attached hydrogens (tertiary/aromatic N) is 1. The lowest BCUT2D eigenvalue weighted by Crippen LogP contribution is -2.47. The Morgan fingerprint density at radius 1 is 0.815 bits per heavy atom. The lowest BCUT2D eigenvalue weighted by molar-refractivity contribution is -0.137. The zero-order valence-corrected chi connectivity index (χ0v) is 17.2. The molecule has 156 valence electrons. The molecule has 0 bridgehead atoms. The van der Waals surface area contributed by atoms with Gasteiger partial charge in [-0.05, 0) is 54.4 Å². The highest BCUT2D eigenvalue weighted by Gasteiger charge is 2.21. The van der Waals surface area contributed by atoms with Crippen molar-refractivity contribution >= 4 is 24.1 Å². The van der Waals surface area contributed by atoms with Crippen LogP contribution in [0.4, 0.5) is 9.59 Å². The highest BCUT2D eigenvalue weighted by molar-refractivity contribution is 6.01. The van der Waals surface area contributed by atoms with Gasteiger partial charge < -0.3 is 14.6 Å². The fraction of sp³-hybridized carbons (Fsp3) is 0.778. The molecular formula is C18H33N3O6. The van der Waals surface area contributed by atoms with Crippen LogP contribution in [0.2, 0.25) is 0 Å². The number of aliphatic carboxylic acids is 1. The van der Waals surface area contributed by atoms with Gasteiger partial charge in [-0.3, -0.25) is 20.4 Å². The van der Waals surface area contributed by atoms with Gasteiger partial charge >= 0.3 is 18.2 Å². The Kier molecular flexibility index (Phi) is 10.4. The number of ether oxygens (including phenoxy) is 2. The lowest BCUT2D eigenvalue weighted by Gasteiger charge is -2.22. The smallest absolute Gasteiger partial charge is 0.414 e. The normalized spacial score (nSPS) is 11.3. The summed E-state index contributed by atoms with van der Waals surface area (Å²) in [7, 11) is 0. The molecule has 2 amide bonds. The summed E-state index contributed by atoms with van der Waals surface area (Å²) in [6.07, 6.45) is 1.54. The molecule has 9 nitrogen and oxygen atoms in total. The number of carbonyl (C=O) groups is 3. The minimum absolute atomic E-state index is 0.0518. The molecule has 0 aromatic carbocycles. The van der Waals surface area contributed by atoms with E-state index in [0.717, 1.165) is 12.8 Å². The molecule has 3 N–H and O–H groups in total. The van der Waals surface area contributed by atoms with Crippen LogP contribution in [0.5, 0.6) is 0 Å². The van der Waals surface area contributed by atoms with Crippen molar-refractivity contribution in [2.45, 2.75) is 84.8 Å². The van der Waals surface area contributed by atoms with Gasteiger partial charge in [-0.25, -0.2) is 9.59 Å². The molecule has 9 heteroatoms. The third-order valence-electron chi connectivity index (χ3n) is 2.81. The number of hydrogen-bond donors (Lipinski definition) is 3. The van der Waals surface area contributed by atoms with Crippen LogP contribution in [0.15, 0.2) is 4.99 Å². The van der Waals surface area contributed by atoms with Crippen molar-refractivity contribution in [1.29, 1.82) is 0 Å². The summed E-state index contributed by atoms with van der Waals surface area (Å²) in [6.45, 7) is 10.7. The van der Waals surface area contributed by atoms with E-state index < -0.39 is 29.4 Å². The van der Waals surface area contributed by atoms with Crippen molar-refractivity contribution in [3.05, 3.63) is 0 Å². The molecule has 0 aliphatic heterocycles. The van der Waals surface area contributed by atoms with Crippen molar-refractivity contribution in [3.63, 3.8) is 0 Å². The van der Waals surface area contributed by atoms with Crippen molar-refractivity contribution in [2.24, 2.45) is 4.99 Å². The Hall–Kier alpha value is -2.32. The van der Waals surface area contributed by atoms with Gasteiger partial charge in [-0.15, -0.1) is 0 Å². The maximum Gasteiger partial charge on any atom is 0.414 e. The second kappa shape index (κ2) is 11.4. The molecule has 0 radical (unpaired) electrons. The Morgan fingerprint density at radius 2 is 1.26 bits per heavy atom. The van der Waals surface area contributed by atoms with E-state index in [0.29, 0.717) is 19.4 Å². The van der Waals surface area contributed by atoms with Gasteiger partial charge in [0.05, 0.1) is 0 Å². The van der Waals surface area contributed by atoms with Crippen molar-refractivity contribution in [3.8, 4) is 0 Å². The van der Waals surface area contributed by atoms with E-state index in [4.69, 9.17) is 14.6 Å². The molecule has 0 spiro atoms. The fourth-order valence-electron chi connectivity index (χ4n) is 1.84. The van der Waals surface area contributed by atoms with Crippen LogP contribution >= 0.6 is 0 Å². The molecule has 27 heavy (non-hydrogen) atoms. The average molecular weight is 387 g/mol. The van der Waals surface area contributed by atoms with E-state index in [1.807, 2.05) is 0 Å². The number of rotatable bonds is 7. The monoisotopic (exact) mass is 387 g/mol. The first-order valence-electron chi connectivity index (χ1n) is 9.05. The molecule has 0 aliphatic rings. The van der Waals surface area contributed by atoms with E-state index in [-0.39, 0.29) is 12.4 Å². The maximum atomic E-state index is 11.9. The lowest BCUT2D eigenvalue weighted by atomic mass is 10.1. The van der Waals surface area contributed by atoms with Crippen molar-refractivity contribution in [1.82, 2.24) is 10.6 Å². The SMILES string of the molecule is CC(C)(C)OC(=O)NC(=NCCCCCCC(=O)O)NC(=O)OC(C)(C)C. The number of guanidine groups is 1. The summed E-state index contributed by atoms with van der Waals surface area (Å²) in [4.78, 5) is 38.5. The number of unbranched alkanes of at least 4 members (excludes halogenated alkanes) is 3. The van der Waals surface area contributed by atoms with Gasteiger partial charge in [0, 0.05) is 13.0 Å². The number of carboxylic acids is 1. The first-order chi connectivity index (χ1) is 12.3. The zero-order valence-electron chi connectivity index (χ0n) is 17.2. The fourth-order valence-corrected chi connectivity index (χ4v) is 1.84. The Labute approximate surface area is 160 Å². The summed E-state index contributed by atoms with van der Waals surface area (Å²) in [5, 5.41) is 13.4. The van der Waals surface area contributed by atoms with Crippen LogP contribution in [0, 0.1) is 0 Å². The first-order valence-corrected chi connectivity index (χ1v) is 9.05. The Bertz CT molecular complexity index is 500. The maximum absolute atomic E-state index is 11.9. The molecular weight excluding hydrogens is 354 g/mol. The summed E-state index contributed by atoms with van der Waals surface area (Å²) >= 11 is 0. The molecule has 0 fully saturated rings. The molecule has 0 unspecified atom stereocenters. The molecule has 0 aliphatic carbocycles. The molecule has 0 atom stereocenters. The van der Waals surface area contributed by atoms with Crippen LogP contribution in [0.3, 0.4) is 0 Å². The summed E-state index contributed by atoms with van der Waals surface area (Å²) in [5.41, 5.74) is -1.38. The molecule has 0 aromatic rings. The van der Waals surface area contributed by atoms with E-state index in [1.54, 1.807) is 41.5 Å². The van der Waals surface area contributed by atoms with E-state index >= 15 is 0 Å². The number of carboxylic acid groups (broad SMARTS) is 1. The number of hydrogen-bond acceptors (Lipinski definition) is 6.